The molecule has 1 heterocycles. The van der Waals surface area contributed by atoms with E-state index in [4.69, 9.17) is 4.74 Å². The van der Waals surface area contributed by atoms with E-state index in [0.717, 1.165) is 13.1 Å². The maximum absolute atomic E-state index is 11.7. The normalized spacial score (nSPS) is 16.3. The van der Waals surface area contributed by atoms with Gasteiger partial charge in [0.15, 0.2) is 0 Å². The fourth-order valence-corrected chi connectivity index (χ4v) is 2.75. The van der Waals surface area contributed by atoms with Crippen molar-refractivity contribution in [2.45, 2.75) is 39.3 Å². The molecule has 4 heteroatoms. The van der Waals surface area contributed by atoms with Gasteiger partial charge in [0.2, 0.25) is 0 Å². The van der Waals surface area contributed by atoms with Crippen LogP contribution >= 0.6 is 0 Å². The van der Waals surface area contributed by atoms with Crippen LogP contribution in [0.15, 0.2) is 24.3 Å². The lowest BCUT2D eigenvalue weighted by Crippen LogP contribution is -2.41. The molecule has 1 fully saturated rings. The number of ether oxygens (including phenoxy) is 1. The number of nitrogens with zero attached hydrogens (tertiary/aromatic N) is 1. The van der Waals surface area contributed by atoms with Crippen molar-refractivity contribution in [3.05, 3.63) is 29.8 Å². The number of anilines is 1. The van der Waals surface area contributed by atoms with Gasteiger partial charge in [0.1, 0.15) is 6.04 Å². The van der Waals surface area contributed by atoms with Crippen LogP contribution in [0.3, 0.4) is 0 Å². The Bertz CT molecular complexity index is 450. The molecular weight excluding hydrogens is 264 g/mol. The topological polar surface area (TPSA) is 41.6 Å². The van der Waals surface area contributed by atoms with Crippen LogP contribution in [0, 0.1) is 5.92 Å². The minimum absolute atomic E-state index is 0.196. The number of rotatable bonds is 6. The zero-order valence-corrected chi connectivity index (χ0v) is 13.3. The molecule has 1 unspecified atom stereocenters. The number of methoxy groups -OCH3 is 1. The molecule has 0 saturated carbocycles. The van der Waals surface area contributed by atoms with Crippen LogP contribution in [-0.4, -0.2) is 32.2 Å². The van der Waals surface area contributed by atoms with Gasteiger partial charge in [-0.25, -0.2) is 0 Å². The molecule has 1 aliphatic heterocycles. The van der Waals surface area contributed by atoms with E-state index in [2.05, 4.69) is 34.5 Å². The van der Waals surface area contributed by atoms with Gasteiger partial charge in [-0.05, 0) is 36.5 Å². The molecular formula is C17H26N2O2. The van der Waals surface area contributed by atoms with Gasteiger partial charge < -0.3 is 15.0 Å². The van der Waals surface area contributed by atoms with Gasteiger partial charge in [-0.3, -0.25) is 4.79 Å². The molecule has 1 aliphatic rings. The van der Waals surface area contributed by atoms with Crippen LogP contribution in [0.4, 0.5) is 5.69 Å². The Morgan fingerprint density at radius 1 is 1.24 bits per heavy atom. The third-order valence-corrected chi connectivity index (χ3v) is 4.06. The second-order valence-electron chi connectivity index (χ2n) is 5.99. The Morgan fingerprint density at radius 2 is 1.86 bits per heavy atom. The summed E-state index contributed by atoms with van der Waals surface area (Å²) >= 11 is 0. The SMILES string of the molecule is COC(=O)C(NCc1ccc(N2CCCC2)cc1)C(C)C. The van der Waals surface area contributed by atoms with Crippen molar-refractivity contribution in [2.24, 2.45) is 5.92 Å². The Morgan fingerprint density at radius 3 is 2.38 bits per heavy atom. The molecule has 0 aliphatic carbocycles. The highest BCUT2D eigenvalue weighted by atomic mass is 16.5. The highest BCUT2D eigenvalue weighted by Crippen LogP contribution is 2.20. The Balaban J connectivity index is 1.91. The first-order valence-electron chi connectivity index (χ1n) is 7.77. The monoisotopic (exact) mass is 290 g/mol. The predicted molar refractivity (Wildman–Crippen MR) is 85.4 cm³/mol. The van der Waals surface area contributed by atoms with Gasteiger partial charge in [-0.1, -0.05) is 26.0 Å². The molecule has 1 aromatic rings. The molecule has 0 aromatic heterocycles. The van der Waals surface area contributed by atoms with E-state index in [0.29, 0.717) is 6.54 Å². The van der Waals surface area contributed by atoms with Crippen LogP contribution in [0.2, 0.25) is 0 Å². The largest absolute Gasteiger partial charge is 0.468 e. The third kappa shape index (κ3) is 4.21. The van der Waals surface area contributed by atoms with Gasteiger partial charge in [0.05, 0.1) is 7.11 Å². The second kappa shape index (κ2) is 7.46. The van der Waals surface area contributed by atoms with Crippen LogP contribution in [-0.2, 0) is 16.1 Å². The molecule has 1 atom stereocenters. The Labute approximate surface area is 127 Å². The first kappa shape index (κ1) is 15.8. The number of carbonyl (C=O) groups is 1. The first-order valence-corrected chi connectivity index (χ1v) is 7.77. The second-order valence-corrected chi connectivity index (χ2v) is 5.99. The van der Waals surface area contributed by atoms with Gasteiger partial charge >= 0.3 is 5.97 Å². The van der Waals surface area contributed by atoms with Crippen LogP contribution in [0.1, 0.15) is 32.3 Å². The lowest BCUT2D eigenvalue weighted by atomic mass is 10.0. The van der Waals surface area contributed by atoms with Crippen molar-refractivity contribution >= 4 is 11.7 Å². The lowest BCUT2D eigenvalue weighted by Gasteiger charge is -2.21. The molecule has 0 radical (unpaired) electrons. The average molecular weight is 290 g/mol. The van der Waals surface area contributed by atoms with E-state index in [-0.39, 0.29) is 17.9 Å². The van der Waals surface area contributed by atoms with Crippen molar-refractivity contribution in [1.29, 1.82) is 0 Å². The van der Waals surface area contributed by atoms with Gasteiger partial charge in [-0.15, -0.1) is 0 Å². The Kier molecular flexibility index (Phi) is 5.62. The third-order valence-electron chi connectivity index (χ3n) is 4.06. The summed E-state index contributed by atoms with van der Waals surface area (Å²) in [6, 6.07) is 8.36. The number of benzene rings is 1. The molecule has 4 nitrogen and oxygen atoms in total. The zero-order valence-electron chi connectivity index (χ0n) is 13.3. The lowest BCUT2D eigenvalue weighted by molar-refractivity contribution is -0.144. The highest BCUT2D eigenvalue weighted by Gasteiger charge is 2.22. The fourth-order valence-electron chi connectivity index (χ4n) is 2.75. The summed E-state index contributed by atoms with van der Waals surface area (Å²) in [5.41, 5.74) is 2.48. The van der Waals surface area contributed by atoms with Crippen molar-refractivity contribution < 1.29 is 9.53 Å². The average Bonchev–Trinajstić information content (AvgIpc) is 3.01. The van der Waals surface area contributed by atoms with E-state index in [1.165, 1.54) is 31.2 Å². The molecule has 0 amide bonds. The summed E-state index contributed by atoms with van der Waals surface area (Å²) in [4.78, 5) is 14.1. The smallest absolute Gasteiger partial charge is 0.323 e. The summed E-state index contributed by atoms with van der Waals surface area (Å²) in [7, 11) is 1.43. The first-order chi connectivity index (χ1) is 10.1. The number of hydrogen-bond donors (Lipinski definition) is 1. The van der Waals surface area contributed by atoms with Gasteiger partial charge in [0, 0.05) is 25.3 Å². The standard InChI is InChI=1S/C17H26N2O2/c1-13(2)16(17(20)21-3)18-12-14-6-8-15(9-7-14)19-10-4-5-11-19/h6-9,13,16,18H,4-5,10-12H2,1-3H3. The number of nitrogens with one attached hydrogen (secondary N) is 1. The maximum Gasteiger partial charge on any atom is 0.323 e. The number of carbonyl (C=O) groups excluding carboxylic acids is 1. The summed E-state index contributed by atoms with van der Waals surface area (Å²) in [6.07, 6.45) is 2.58. The molecule has 0 bridgehead atoms. The molecule has 1 saturated heterocycles. The highest BCUT2D eigenvalue weighted by molar-refractivity contribution is 5.75. The summed E-state index contributed by atoms with van der Waals surface area (Å²) < 4.78 is 4.84. The summed E-state index contributed by atoms with van der Waals surface area (Å²) in [5, 5.41) is 3.29. The minimum Gasteiger partial charge on any atom is -0.468 e. The fraction of sp³-hybridized carbons (Fsp3) is 0.588. The van der Waals surface area contributed by atoms with Crippen LogP contribution in [0.25, 0.3) is 0 Å². The number of esters is 1. The molecule has 21 heavy (non-hydrogen) atoms. The van der Waals surface area contributed by atoms with Crippen molar-refractivity contribution in [2.75, 3.05) is 25.1 Å². The van der Waals surface area contributed by atoms with Crippen molar-refractivity contribution in [1.82, 2.24) is 5.32 Å². The Hall–Kier alpha value is -1.55. The molecule has 1 N–H and O–H groups in total. The summed E-state index contributed by atoms with van der Waals surface area (Å²) in [5.74, 6) is 0.0139. The molecule has 0 spiro atoms. The van der Waals surface area contributed by atoms with E-state index in [9.17, 15) is 4.79 Å². The summed E-state index contributed by atoms with van der Waals surface area (Å²) in [6.45, 7) is 7.04. The van der Waals surface area contributed by atoms with E-state index in [1.54, 1.807) is 0 Å². The van der Waals surface area contributed by atoms with Crippen LogP contribution in [0.5, 0.6) is 0 Å². The van der Waals surface area contributed by atoms with E-state index < -0.39 is 0 Å². The molecule has 2 rings (SSSR count). The van der Waals surface area contributed by atoms with E-state index in [1.807, 2.05) is 13.8 Å². The van der Waals surface area contributed by atoms with Crippen molar-refractivity contribution in [3.8, 4) is 0 Å². The maximum atomic E-state index is 11.7. The van der Waals surface area contributed by atoms with E-state index >= 15 is 0 Å². The quantitative estimate of drug-likeness (QED) is 0.818. The zero-order chi connectivity index (χ0) is 15.2. The predicted octanol–water partition coefficient (Wildman–Crippen LogP) is 2.57. The van der Waals surface area contributed by atoms with Gasteiger partial charge in [0.25, 0.3) is 0 Å². The molecule has 1 aromatic carbocycles. The van der Waals surface area contributed by atoms with Gasteiger partial charge in [-0.2, -0.15) is 0 Å². The van der Waals surface area contributed by atoms with Crippen LogP contribution < -0.4 is 10.2 Å². The molecule has 116 valence electrons. The minimum atomic E-state index is -0.256. The number of hydrogen-bond acceptors (Lipinski definition) is 4. The van der Waals surface area contributed by atoms with Crippen molar-refractivity contribution in [3.63, 3.8) is 0 Å².